The lowest BCUT2D eigenvalue weighted by Crippen LogP contribution is -2.38. The molecule has 0 saturated carbocycles. The van der Waals surface area contributed by atoms with Crippen molar-refractivity contribution in [2.45, 2.75) is 0 Å². The fourth-order valence-corrected chi connectivity index (χ4v) is 3.04. The highest BCUT2D eigenvalue weighted by molar-refractivity contribution is 6.20. The third-order valence-electron chi connectivity index (χ3n) is 4.62. The number of methoxy groups -OCH3 is 1. The van der Waals surface area contributed by atoms with E-state index in [1.165, 1.54) is 0 Å². The summed E-state index contributed by atoms with van der Waals surface area (Å²) in [6.45, 7) is 4.67. The second kappa shape index (κ2) is 9.92. The number of carboxylic acids is 1. The highest BCUT2D eigenvalue weighted by Gasteiger charge is 2.13. The first-order valence-corrected chi connectivity index (χ1v) is 9.29. The SMILES string of the molecule is COc1ccc(/C(=C/c2ccccc2OCCN2CCOCC2)C(=O)O)cc1. The van der Waals surface area contributed by atoms with Crippen LogP contribution in [0.25, 0.3) is 11.6 Å². The van der Waals surface area contributed by atoms with Crippen molar-refractivity contribution in [3.63, 3.8) is 0 Å². The van der Waals surface area contributed by atoms with Crippen molar-refractivity contribution in [3.05, 3.63) is 59.7 Å². The standard InChI is InChI=1S/C22H25NO5/c1-26-19-8-6-17(7-9-19)20(22(24)25)16-18-4-2-3-5-21(18)28-15-12-23-10-13-27-14-11-23/h2-9,16H,10-15H2,1H3,(H,24,25)/b20-16-. The molecule has 3 rings (SSSR count). The Morgan fingerprint density at radius 1 is 1.14 bits per heavy atom. The molecular formula is C22H25NO5. The smallest absolute Gasteiger partial charge is 0.336 e. The highest BCUT2D eigenvalue weighted by Crippen LogP contribution is 2.26. The zero-order valence-corrected chi connectivity index (χ0v) is 16.0. The summed E-state index contributed by atoms with van der Waals surface area (Å²) in [5, 5.41) is 9.69. The normalized spacial score (nSPS) is 15.2. The molecule has 0 bridgehead atoms. The fourth-order valence-electron chi connectivity index (χ4n) is 3.04. The van der Waals surface area contributed by atoms with E-state index >= 15 is 0 Å². The number of carboxylic acid groups (broad SMARTS) is 1. The summed E-state index contributed by atoms with van der Waals surface area (Å²) in [7, 11) is 1.58. The van der Waals surface area contributed by atoms with Crippen LogP contribution in [0.15, 0.2) is 48.5 Å². The van der Waals surface area contributed by atoms with Gasteiger partial charge in [0.15, 0.2) is 0 Å². The number of nitrogens with zero attached hydrogens (tertiary/aromatic N) is 1. The predicted octanol–water partition coefficient (Wildman–Crippen LogP) is 3.03. The summed E-state index contributed by atoms with van der Waals surface area (Å²) in [5.41, 5.74) is 1.54. The maximum Gasteiger partial charge on any atom is 0.336 e. The molecule has 1 aliphatic rings. The lowest BCUT2D eigenvalue weighted by Gasteiger charge is -2.26. The number of para-hydroxylation sites is 1. The van der Waals surface area contributed by atoms with Gasteiger partial charge in [0, 0.05) is 25.2 Å². The third-order valence-corrected chi connectivity index (χ3v) is 4.62. The van der Waals surface area contributed by atoms with Crippen LogP contribution in [0, 0.1) is 0 Å². The van der Waals surface area contributed by atoms with Gasteiger partial charge in [0.1, 0.15) is 18.1 Å². The molecule has 1 saturated heterocycles. The van der Waals surface area contributed by atoms with E-state index in [9.17, 15) is 9.90 Å². The molecule has 0 unspecified atom stereocenters. The Labute approximate surface area is 164 Å². The van der Waals surface area contributed by atoms with Crippen molar-refractivity contribution < 1.29 is 24.1 Å². The van der Waals surface area contributed by atoms with Crippen molar-refractivity contribution in [1.29, 1.82) is 0 Å². The molecule has 2 aromatic rings. The van der Waals surface area contributed by atoms with Gasteiger partial charge in [-0.05, 0) is 29.8 Å². The second-order valence-corrected chi connectivity index (χ2v) is 6.43. The Kier molecular flexibility index (Phi) is 7.06. The minimum absolute atomic E-state index is 0.201. The molecule has 148 valence electrons. The Hall–Kier alpha value is -2.83. The van der Waals surface area contributed by atoms with Gasteiger partial charge in [0.05, 0.1) is 25.9 Å². The van der Waals surface area contributed by atoms with Gasteiger partial charge in [-0.25, -0.2) is 4.79 Å². The van der Waals surface area contributed by atoms with Crippen molar-refractivity contribution in [3.8, 4) is 11.5 Å². The zero-order chi connectivity index (χ0) is 19.8. The number of hydrogen-bond acceptors (Lipinski definition) is 5. The largest absolute Gasteiger partial charge is 0.497 e. The van der Waals surface area contributed by atoms with E-state index < -0.39 is 5.97 Å². The van der Waals surface area contributed by atoms with Crippen LogP contribution in [0.1, 0.15) is 11.1 Å². The number of morpholine rings is 1. The predicted molar refractivity (Wildman–Crippen MR) is 108 cm³/mol. The summed E-state index contributed by atoms with van der Waals surface area (Å²) >= 11 is 0. The fraction of sp³-hybridized carbons (Fsp3) is 0.318. The summed E-state index contributed by atoms with van der Waals surface area (Å²) in [6.07, 6.45) is 1.65. The van der Waals surface area contributed by atoms with Gasteiger partial charge in [0.25, 0.3) is 0 Å². The molecule has 1 aliphatic heterocycles. The first-order valence-electron chi connectivity index (χ1n) is 9.29. The Balaban J connectivity index is 1.75. The third kappa shape index (κ3) is 5.34. The van der Waals surface area contributed by atoms with E-state index in [1.807, 2.05) is 24.3 Å². The number of rotatable bonds is 8. The van der Waals surface area contributed by atoms with E-state index in [-0.39, 0.29) is 5.57 Å². The van der Waals surface area contributed by atoms with Gasteiger partial charge in [0.2, 0.25) is 0 Å². The molecule has 6 nitrogen and oxygen atoms in total. The average Bonchev–Trinajstić information content (AvgIpc) is 2.73. The maximum atomic E-state index is 11.8. The molecule has 1 heterocycles. The molecular weight excluding hydrogens is 358 g/mol. The second-order valence-electron chi connectivity index (χ2n) is 6.43. The quantitative estimate of drug-likeness (QED) is 0.558. The summed E-state index contributed by atoms with van der Waals surface area (Å²) in [4.78, 5) is 14.1. The van der Waals surface area contributed by atoms with E-state index in [0.717, 1.165) is 38.4 Å². The minimum atomic E-state index is -0.992. The van der Waals surface area contributed by atoms with E-state index in [2.05, 4.69) is 4.90 Å². The summed E-state index contributed by atoms with van der Waals surface area (Å²) < 4.78 is 16.4. The van der Waals surface area contributed by atoms with Gasteiger partial charge in [-0.3, -0.25) is 4.90 Å². The topological polar surface area (TPSA) is 68.2 Å². The highest BCUT2D eigenvalue weighted by atomic mass is 16.5. The maximum absolute atomic E-state index is 11.8. The van der Waals surface area contributed by atoms with E-state index in [0.29, 0.717) is 23.7 Å². The molecule has 0 amide bonds. The van der Waals surface area contributed by atoms with Gasteiger partial charge in [-0.2, -0.15) is 0 Å². The number of hydrogen-bond donors (Lipinski definition) is 1. The Bertz CT molecular complexity index is 810. The number of carbonyl (C=O) groups is 1. The molecule has 0 aromatic heterocycles. The number of aliphatic carboxylic acids is 1. The number of ether oxygens (including phenoxy) is 3. The minimum Gasteiger partial charge on any atom is -0.497 e. The summed E-state index contributed by atoms with van der Waals surface area (Å²) in [6, 6.07) is 14.4. The lowest BCUT2D eigenvalue weighted by molar-refractivity contribution is -0.130. The van der Waals surface area contributed by atoms with Crippen LogP contribution < -0.4 is 9.47 Å². The van der Waals surface area contributed by atoms with Crippen LogP contribution >= 0.6 is 0 Å². The Morgan fingerprint density at radius 3 is 2.54 bits per heavy atom. The van der Waals surface area contributed by atoms with Crippen LogP contribution in [0.2, 0.25) is 0 Å². The lowest BCUT2D eigenvalue weighted by atomic mass is 10.0. The van der Waals surface area contributed by atoms with Gasteiger partial charge < -0.3 is 19.3 Å². The molecule has 0 aliphatic carbocycles. The molecule has 1 N–H and O–H groups in total. The monoisotopic (exact) mass is 383 g/mol. The first-order chi connectivity index (χ1) is 13.7. The van der Waals surface area contributed by atoms with Gasteiger partial charge in [-0.15, -0.1) is 0 Å². The van der Waals surface area contributed by atoms with Gasteiger partial charge >= 0.3 is 5.97 Å². The van der Waals surface area contributed by atoms with Crippen molar-refractivity contribution in [1.82, 2.24) is 4.90 Å². The van der Waals surface area contributed by atoms with Crippen LogP contribution in [0.4, 0.5) is 0 Å². The molecule has 2 aromatic carbocycles. The Morgan fingerprint density at radius 2 is 1.86 bits per heavy atom. The van der Waals surface area contributed by atoms with Crippen molar-refractivity contribution >= 4 is 17.6 Å². The molecule has 0 atom stereocenters. The molecule has 28 heavy (non-hydrogen) atoms. The average molecular weight is 383 g/mol. The first kappa shape index (κ1) is 19.9. The van der Waals surface area contributed by atoms with E-state index in [4.69, 9.17) is 14.2 Å². The molecule has 0 radical (unpaired) electrons. The number of benzene rings is 2. The van der Waals surface area contributed by atoms with Crippen LogP contribution in [0.5, 0.6) is 11.5 Å². The van der Waals surface area contributed by atoms with Crippen LogP contribution in [-0.4, -0.2) is 62.5 Å². The van der Waals surface area contributed by atoms with Crippen molar-refractivity contribution in [2.75, 3.05) is 46.6 Å². The molecule has 6 heteroatoms. The van der Waals surface area contributed by atoms with Crippen LogP contribution in [-0.2, 0) is 9.53 Å². The molecule has 0 spiro atoms. The summed E-state index contributed by atoms with van der Waals surface area (Å²) in [5.74, 6) is 0.358. The van der Waals surface area contributed by atoms with Gasteiger partial charge in [-0.1, -0.05) is 30.3 Å². The zero-order valence-electron chi connectivity index (χ0n) is 16.0. The van der Waals surface area contributed by atoms with Crippen molar-refractivity contribution in [2.24, 2.45) is 0 Å². The van der Waals surface area contributed by atoms with E-state index in [1.54, 1.807) is 37.5 Å². The van der Waals surface area contributed by atoms with Crippen LogP contribution in [0.3, 0.4) is 0 Å². The molecule has 1 fully saturated rings.